The number of para-hydroxylation sites is 2. The molecule has 0 saturated heterocycles. The Morgan fingerprint density at radius 2 is 2.00 bits per heavy atom. The molecule has 2 N–H and O–H groups in total. The lowest BCUT2D eigenvalue weighted by molar-refractivity contribution is -0.116. The van der Waals surface area contributed by atoms with Gasteiger partial charge in [-0.2, -0.15) is 0 Å². The van der Waals surface area contributed by atoms with Crippen molar-refractivity contribution in [2.24, 2.45) is 0 Å². The lowest BCUT2D eigenvalue weighted by atomic mass is 10.2. The number of benzene rings is 1. The Balaban J connectivity index is 2.11. The highest BCUT2D eigenvalue weighted by Gasteiger charge is 2.26. The molecule has 0 bridgehead atoms. The summed E-state index contributed by atoms with van der Waals surface area (Å²) >= 11 is 0. The first-order valence-electron chi connectivity index (χ1n) is 7.37. The van der Waals surface area contributed by atoms with Gasteiger partial charge in [0.1, 0.15) is 5.60 Å². The summed E-state index contributed by atoms with van der Waals surface area (Å²) in [7, 11) is 0. The van der Waals surface area contributed by atoms with Crippen molar-refractivity contribution in [3.05, 3.63) is 24.3 Å². The zero-order valence-electron chi connectivity index (χ0n) is 13.5. The molecule has 1 aromatic carbocycles. The number of nitrogens with zero attached hydrogens (tertiary/aromatic N) is 1. The number of alkyl carbamates (subject to hydrolysis) is 1. The first kappa shape index (κ1) is 16.1. The predicted molar refractivity (Wildman–Crippen MR) is 86.1 cm³/mol. The van der Waals surface area contributed by atoms with Crippen molar-refractivity contribution in [3.8, 4) is 0 Å². The van der Waals surface area contributed by atoms with Crippen LogP contribution in [0.3, 0.4) is 0 Å². The number of nitrogens with one attached hydrogen (secondary N) is 2. The monoisotopic (exact) mass is 305 g/mol. The fourth-order valence-corrected chi connectivity index (χ4v) is 2.34. The maximum absolute atomic E-state index is 11.9. The molecule has 0 aromatic heterocycles. The van der Waals surface area contributed by atoms with Crippen LogP contribution in [0.4, 0.5) is 16.2 Å². The second-order valence-electron chi connectivity index (χ2n) is 6.37. The molecule has 0 radical (unpaired) electrons. The number of amides is 2. The Labute approximate surface area is 130 Å². The fraction of sp³-hybridized carbons (Fsp3) is 0.500. The smallest absolute Gasteiger partial charge is 0.407 e. The Hall–Kier alpha value is -2.24. The van der Waals surface area contributed by atoms with Gasteiger partial charge in [-0.25, -0.2) is 4.79 Å². The lowest BCUT2D eigenvalue weighted by Gasteiger charge is -2.26. The first-order chi connectivity index (χ1) is 10.3. The van der Waals surface area contributed by atoms with Crippen molar-refractivity contribution in [1.29, 1.82) is 0 Å². The van der Waals surface area contributed by atoms with E-state index in [-0.39, 0.29) is 11.9 Å². The minimum atomic E-state index is -0.550. The van der Waals surface area contributed by atoms with Crippen LogP contribution >= 0.6 is 0 Å². The maximum Gasteiger partial charge on any atom is 0.407 e. The van der Waals surface area contributed by atoms with Crippen LogP contribution in [0.5, 0.6) is 0 Å². The van der Waals surface area contributed by atoms with Crippen molar-refractivity contribution in [1.82, 2.24) is 5.32 Å². The van der Waals surface area contributed by atoms with Crippen LogP contribution in [0.1, 0.15) is 27.7 Å². The summed E-state index contributed by atoms with van der Waals surface area (Å²) in [6, 6.07) is 7.37. The molecule has 6 heteroatoms. The Morgan fingerprint density at radius 1 is 1.32 bits per heavy atom. The van der Waals surface area contributed by atoms with E-state index in [9.17, 15) is 9.59 Å². The molecule has 0 fully saturated rings. The van der Waals surface area contributed by atoms with Gasteiger partial charge in [-0.05, 0) is 32.9 Å². The minimum Gasteiger partial charge on any atom is -0.444 e. The van der Waals surface area contributed by atoms with E-state index in [1.54, 1.807) is 4.90 Å². The molecule has 1 atom stereocenters. The van der Waals surface area contributed by atoms with Gasteiger partial charge in [0.25, 0.3) is 0 Å². The molecule has 0 spiro atoms. The number of carbonyl (C=O) groups excluding carboxylic acids is 2. The predicted octanol–water partition coefficient (Wildman–Crippen LogP) is 2.36. The molecule has 2 rings (SSSR count). The highest BCUT2D eigenvalue weighted by molar-refractivity contribution is 5.95. The van der Waals surface area contributed by atoms with Crippen molar-refractivity contribution in [2.75, 3.05) is 23.3 Å². The van der Waals surface area contributed by atoms with Gasteiger partial charge in [0.05, 0.1) is 17.4 Å². The zero-order chi connectivity index (χ0) is 16.3. The normalized spacial score (nSPS) is 17.8. The summed E-state index contributed by atoms with van der Waals surface area (Å²) in [6.07, 6.45) is -0.478. The maximum atomic E-state index is 11.9. The van der Waals surface area contributed by atoms with E-state index in [1.807, 2.05) is 45.0 Å². The molecule has 1 aliphatic rings. The van der Waals surface area contributed by atoms with Crippen molar-refractivity contribution >= 4 is 23.4 Å². The summed E-state index contributed by atoms with van der Waals surface area (Å²) in [6.45, 7) is 7.90. The summed E-state index contributed by atoms with van der Waals surface area (Å²) < 4.78 is 5.27. The van der Waals surface area contributed by atoms with Crippen molar-refractivity contribution in [3.63, 3.8) is 0 Å². The molecule has 22 heavy (non-hydrogen) atoms. The third-order valence-corrected chi connectivity index (χ3v) is 3.24. The molecule has 1 aliphatic heterocycles. The zero-order valence-corrected chi connectivity index (χ0v) is 13.5. The number of rotatable bonds is 1. The third-order valence-electron chi connectivity index (χ3n) is 3.24. The number of anilines is 2. The van der Waals surface area contributed by atoms with Gasteiger partial charge >= 0.3 is 6.09 Å². The molecule has 0 aliphatic carbocycles. The van der Waals surface area contributed by atoms with Gasteiger partial charge in [0.15, 0.2) is 0 Å². The van der Waals surface area contributed by atoms with E-state index in [0.717, 1.165) is 11.4 Å². The van der Waals surface area contributed by atoms with E-state index in [4.69, 9.17) is 4.74 Å². The van der Waals surface area contributed by atoms with Gasteiger partial charge < -0.3 is 20.3 Å². The summed E-state index contributed by atoms with van der Waals surface area (Å²) in [4.78, 5) is 25.5. The lowest BCUT2D eigenvalue weighted by Crippen LogP contribution is -2.48. The average Bonchev–Trinajstić information content (AvgIpc) is 2.57. The first-order valence-corrected chi connectivity index (χ1v) is 7.37. The number of ether oxygens (including phenoxy) is 1. The Kier molecular flexibility index (Phi) is 4.59. The topological polar surface area (TPSA) is 70.7 Å². The largest absolute Gasteiger partial charge is 0.444 e. The highest BCUT2D eigenvalue weighted by atomic mass is 16.6. The quantitative estimate of drug-likeness (QED) is 0.835. The minimum absolute atomic E-state index is 0.0628. The van der Waals surface area contributed by atoms with Gasteiger partial charge in [-0.3, -0.25) is 4.79 Å². The average molecular weight is 305 g/mol. The number of fused-ring (bicyclic) bond motifs is 1. The van der Waals surface area contributed by atoms with E-state index >= 15 is 0 Å². The van der Waals surface area contributed by atoms with Crippen LogP contribution in [-0.4, -0.2) is 36.7 Å². The van der Waals surface area contributed by atoms with E-state index in [0.29, 0.717) is 13.1 Å². The molecule has 1 unspecified atom stereocenters. The van der Waals surface area contributed by atoms with Crippen molar-refractivity contribution < 1.29 is 14.3 Å². The second-order valence-corrected chi connectivity index (χ2v) is 6.37. The number of carbonyl (C=O) groups is 2. The summed E-state index contributed by atoms with van der Waals surface area (Å²) in [5.74, 6) is -0.0628. The van der Waals surface area contributed by atoms with Crippen LogP contribution in [0, 0.1) is 0 Å². The van der Waals surface area contributed by atoms with Crippen LogP contribution in [0.2, 0.25) is 0 Å². The third kappa shape index (κ3) is 4.13. The van der Waals surface area contributed by atoms with Crippen LogP contribution in [-0.2, 0) is 9.53 Å². The Morgan fingerprint density at radius 3 is 2.64 bits per heavy atom. The van der Waals surface area contributed by atoms with Crippen LogP contribution < -0.4 is 15.5 Å². The number of hydrogen-bond donors (Lipinski definition) is 2. The standard InChI is InChI=1S/C16H23N3O3/c1-11(20)19-10-12(18-15(21)22-16(2,3)4)9-17-13-7-5-6-8-14(13)19/h5-8,12,17H,9-10H2,1-4H3,(H,18,21). The molecule has 0 saturated carbocycles. The summed E-state index contributed by atoms with van der Waals surface area (Å²) in [5.41, 5.74) is 1.15. The Bertz CT molecular complexity index is 566. The molecular formula is C16H23N3O3. The second kappa shape index (κ2) is 6.25. The summed E-state index contributed by atoms with van der Waals surface area (Å²) in [5, 5.41) is 6.08. The van der Waals surface area contributed by atoms with Gasteiger partial charge in [0.2, 0.25) is 5.91 Å². The molecule has 1 heterocycles. The SMILES string of the molecule is CC(=O)N1CC(NC(=O)OC(C)(C)C)CNc2ccccc21. The van der Waals surface area contributed by atoms with E-state index in [1.165, 1.54) is 6.92 Å². The highest BCUT2D eigenvalue weighted by Crippen LogP contribution is 2.28. The fourth-order valence-electron chi connectivity index (χ4n) is 2.34. The van der Waals surface area contributed by atoms with Gasteiger partial charge in [-0.15, -0.1) is 0 Å². The molecule has 6 nitrogen and oxygen atoms in total. The van der Waals surface area contributed by atoms with Crippen molar-refractivity contribution in [2.45, 2.75) is 39.3 Å². The molecule has 1 aromatic rings. The van der Waals surface area contributed by atoms with Gasteiger partial charge in [0, 0.05) is 20.0 Å². The molecule has 2 amide bonds. The van der Waals surface area contributed by atoms with Gasteiger partial charge in [-0.1, -0.05) is 12.1 Å². The molecular weight excluding hydrogens is 282 g/mol. The molecule has 120 valence electrons. The van der Waals surface area contributed by atoms with E-state index < -0.39 is 11.7 Å². The van der Waals surface area contributed by atoms with E-state index in [2.05, 4.69) is 10.6 Å². The number of hydrogen-bond acceptors (Lipinski definition) is 4. The van der Waals surface area contributed by atoms with Crippen LogP contribution in [0.25, 0.3) is 0 Å². The van der Waals surface area contributed by atoms with Crippen LogP contribution in [0.15, 0.2) is 24.3 Å².